The number of amides is 1. The summed E-state index contributed by atoms with van der Waals surface area (Å²) in [5, 5.41) is 2.88. The molecule has 1 aromatic rings. The molecule has 1 N–H and O–H groups in total. The van der Waals surface area contributed by atoms with E-state index in [0.717, 1.165) is 29.7 Å². The molecule has 0 aromatic heterocycles. The Morgan fingerprint density at radius 2 is 1.75 bits per heavy atom. The minimum absolute atomic E-state index is 0.0539. The third kappa shape index (κ3) is 3.09. The second-order valence-electron chi connectivity index (χ2n) is 3.62. The number of allylic oxidation sites excluding steroid dienone is 2. The third-order valence-electron chi connectivity index (χ3n) is 2.27. The van der Waals surface area contributed by atoms with Crippen LogP contribution in [0.3, 0.4) is 0 Å². The van der Waals surface area contributed by atoms with Gasteiger partial charge in [-0.3, -0.25) is 4.79 Å². The lowest BCUT2D eigenvalue weighted by Crippen LogP contribution is -2.10. The molecule has 16 heavy (non-hydrogen) atoms. The van der Waals surface area contributed by atoms with Crippen molar-refractivity contribution in [1.82, 2.24) is 0 Å². The summed E-state index contributed by atoms with van der Waals surface area (Å²) in [6, 6.07) is 5.99. The van der Waals surface area contributed by atoms with Crippen molar-refractivity contribution in [3.05, 3.63) is 54.6 Å². The average molecular weight is 215 g/mol. The van der Waals surface area contributed by atoms with Crippen LogP contribution >= 0.6 is 0 Å². The van der Waals surface area contributed by atoms with Gasteiger partial charge in [0, 0.05) is 12.6 Å². The summed E-state index contributed by atoms with van der Waals surface area (Å²) in [6.07, 6.45) is 5.16. The van der Waals surface area contributed by atoms with Crippen LogP contribution in [0.2, 0.25) is 0 Å². The minimum atomic E-state index is -0.0539. The normalized spacial score (nSPS) is 9.56. The minimum Gasteiger partial charge on any atom is -0.326 e. The zero-order valence-corrected chi connectivity index (χ0v) is 9.62. The molecule has 84 valence electrons. The number of carbonyl (C=O) groups excluding carboxylic acids is 1. The zero-order valence-electron chi connectivity index (χ0n) is 9.62. The molecule has 2 heteroatoms. The van der Waals surface area contributed by atoms with Crippen LogP contribution in [-0.4, -0.2) is 5.91 Å². The van der Waals surface area contributed by atoms with Gasteiger partial charge >= 0.3 is 0 Å². The Labute approximate surface area is 96.7 Å². The van der Waals surface area contributed by atoms with E-state index in [1.54, 1.807) is 0 Å². The molecule has 0 aliphatic heterocycles. The fourth-order valence-electron chi connectivity index (χ4n) is 1.64. The average Bonchev–Trinajstić information content (AvgIpc) is 2.23. The monoisotopic (exact) mass is 215 g/mol. The van der Waals surface area contributed by atoms with Crippen LogP contribution in [0.25, 0.3) is 0 Å². The van der Waals surface area contributed by atoms with E-state index in [4.69, 9.17) is 0 Å². The Hall–Kier alpha value is -1.83. The molecule has 0 aliphatic carbocycles. The number of hydrogen-bond donors (Lipinski definition) is 1. The molecule has 0 bridgehead atoms. The van der Waals surface area contributed by atoms with Crippen LogP contribution in [0.1, 0.15) is 18.1 Å². The summed E-state index contributed by atoms with van der Waals surface area (Å²) >= 11 is 0. The lowest BCUT2D eigenvalue weighted by Gasteiger charge is -2.13. The Kier molecular flexibility index (Phi) is 4.52. The van der Waals surface area contributed by atoms with Gasteiger partial charge in [0.05, 0.1) is 0 Å². The van der Waals surface area contributed by atoms with E-state index in [0.29, 0.717) is 0 Å². The summed E-state index contributed by atoms with van der Waals surface area (Å²) in [6.45, 7) is 8.95. The fraction of sp³-hybridized carbons (Fsp3) is 0.214. The smallest absolute Gasteiger partial charge is 0.221 e. The molecule has 0 radical (unpaired) electrons. The van der Waals surface area contributed by atoms with Crippen LogP contribution in [0, 0.1) is 0 Å². The number of hydrogen-bond acceptors (Lipinski definition) is 1. The van der Waals surface area contributed by atoms with Crippen molar-refractivity contribution >= 4 is 11.6 Å². The van der Waals surface area contributed by atoms with Crippen molar-refractivity contribution in [2.75, 3.05) is 5.32 Å². The van der Waals surface area contributed by atoms with Crippen molar-refractivity contribution < 1.29 is 4.79 Å². The first-order valence-electron chi connectivity index (χ1n) is 5.29. The highest BCUT2D eigenvalue weighted by atomic mass is 16.1. The number of carbonyl (C=O) groups is 1. The van der Waals surface area contributed by atoms with Crippen LogP contribution in [0.5, 0.6) is 0 Å². The van der Waals surface area contributed by atoms with Gasteiger partial charge in [0.15, 0.2) is 0 Å². The van der Waals surface area contributed by atoms with Gasteiger partial charge in [-0.05, 0) is 24.0 Å². The molecule has 0 fully saturated rings. The maximum Gasteiger partial charge on any atom is 0.221 e. The summed E-state index contributed by atoms with van der Waals surface area (Å²) in [4.78, 5) is 11.2. The second kappa shape index (κ2) is 5.91. The Balaban J connectivity index is 3.15. The number of para-hydroxylation sites is 1. The van der Waals surface area contributed by atoms with Crippen LogP contribution in [0.15, 0.2) is 43.5 Å². The highest BCUT2D eigenvalue weighted by Crippen LogP contribution is 2.23. The molecular weight excluding hydrogens is 198 g/mol. The predicted octanol–water partition coefficient (Wildman–Crippen LogP) is 3.10. The van der Waals surface area contributed by atoms with Gasteiger partial charge in [-0.1, -0.05) is 30.4 Å². The predicted molar refractivity (Wildman–Crippen MR) is 68.5 cm³/mol. The quantitative estimate of drug-likeness (QED) is 0.751. The molecule has 1 amide bonds. The molecule has 0 saturated carbocycles. The van der Waals surface area contributed by atoms with Gasteiger partial charge in [-0.15, -0.1) is 13.2 Å². The van der Waals surface area contributed by atoms with Crippen LogP contribution in [0.4, 0.5) is 5.69 Å². The maximum atomic E-state index is 11.2. The van der Waals surface area contributed by atoms with Gasteiger partial charge < -0.3 is 5.32 Å². The first-order valence-corrected chi connectivity index (χ1v) is 5.29. The molecule has 2 nitrogen and oxygen atoms in total. The SMILES string of the molecule is C=CCc1cccc(CC=C)c1NC(C)=O. The summed E-state index contributed by atoms with van der Waals surface area (Å²) in [7, 11) is 0. The maximum absolute atomic E-state index is 11.2. The Morgan fingerprint density at radius 1 is 1.25 bits per heavy atom. The van der Waals surface area contributed by atoms with Crippen LogP contribution < -0.4 is 5.32 Å². The molecular formula is C14H17NO. The number of rotatable bonds is 5. The van der Waals surface area contributed by atoms with E-state index in [-0.39, 0.29) is 5.91 Å². The van der Waals surface area contributed by atoms with Crippen molar-refractivity contribution in [1.29, 1.82) is 0 Å². The van der Waals surface area contributed by atoms with Gasteiger partial charge in [0.2, 0.25) is 5.91 Å². The van der Waals surface area contributed by atoms with Crippen LogP contribution in [-0.2, 0) is 17.6 Å². The summed E-state index contributed by atoms with van der Waals surface area (Å²) < 4.78 is 0. The van der Waals surface area contributed by atoms with Crippen molar-refractivity contribution in [2.24, 2.45) is 0 Å². The van der Waals surface area contributed by atoms with Gasteiger partial charge in [0.25, 0.3) is 0 Å². The lowest BCUT2D eigenvalue weighted by atomic mass is 10.0. The lowest BCUT2D eigenvalue weighted by molar-refractivity contribution is -0.114. The summed E-state index contributed by atoms with van der Waals surface area (Å²) in [5.74, 6) is -0.0539. The highest BCUT2D eigenvalue weighted by molar-refractivity contribution is 5.90. The number of anilines is 1. The van der Waals surface area contributed by atoms with Crippen molar-refractivity contribution in [3.63, 3.8) is 0 Å². The molecule has 1 aromatic carbocycles. The van der Waals surface area contributed by atoms with Gasteiger partial charge in [-0.2, -0.15) is 0 Å². The standard InChI is InChI=1S/C14H17NO/c1-4-7-12-9-6-10-13(8-5-2)14(12)15-11(3)16/h4-6,9-10H,1-2,7-8H2,3H3,(H,15,16). The molecule has 1 rings (SSSR count). The number of benzene rings is 1. The van der Waals surface area contributed by atoms with Crippen molar-refractivity contribution in [3.8, 4) is 0 Å². The van der Waals surface area contributed by atoms with E-state index in [1.165, 1.54) is 6.92 Å². The van der Waals surface area contributed by atoms with E-state index in [9.17, 15) is 4.79 Å². The molecule has 0 saturated heterocycles. The van der Waals surface area contributed by atoms with E-state index in [1.807, 2.05) is 30.4 Å². The third-order valence-corrected chi connectivity index (χ3v) is 2.27. The first-order chi connectivity index (χ1) is 7.69. The van der Waals surface area contributed by atoms with Gasteiger partial charge in [-0.25, -0.2) is 0 Å². The van der Waals surface area contributed by atoms with E-state index in [2.05, 4.69) is 18.5 Å². The first kappa shape index (κ1) is 12.2. The van der Waals surface area contributed by atoms with Crippen molar-refractivity contribution in [2.45, 2.75) is 19.8 Å². The van der Waals surface area contributed by atoms with E-state index < -0.39 is 0 Å². The largest absolute Gasteiger partial charge is 0.326 e. The Morgan fingerprint density at radius 3 is 2.12 bits per heavy atom. The summed E-state index contributed by atoms with van der Waals surface area (Å²) in [5.41, 5.74) is 3.07. The molecule has 0 atom stereocenters. The highest BCUT2D eigenvalue weighted by Gasteiger charge is 2.07. The molecule has 0 heterocycles. The number of nitrogens with one attached hydrogen (secondary N) is 1. The molecule has 0 aliphatic rings. The van der Waals surface area contributed by atoms with E-state index >= 15 is 0 Å². The molecule has 0 spiro atoms. The zero-order chi connectivity index (χ0) is 12.0. The Bertz CT molecular complexity index is 379. The second-order valence-corrected chi connectivity index (χ2v) is 3.62. The fourth-order valence-corrected chi connectivity index (χ4v) is 1.64. The van der Waals surface area contributed by atoms with Gasteiger partial charge in [0.1, 0.15) is 0 Å². The topological polar surface area (TPSA) is 29.1 Å². The molecule has 0 unspecified atom stereocenters.